The fourth-order valence-corrected chi connectivity index (χ4v) is 2.77. The van der Waals surface area contributed by atoms with Crippen LogP contribution in [-0.4, -0.2) is 0 Å². The fraction of sp³-hybridized carbons (Fsp3) is 0.278. The van der Waals surface area contributed by atoms with Crippen molar-refractivity contribution in [3.8, 4) is 0 Å². The number of hydrogen-bond donors (Lipinski definition) is 0. The van der Waals surface area contributed by atoms with Crippen molar-refractivity contribution in [2.75, 3.05) is 0 Å². The molecule has 3 heteroatoms. The quantitative estimate of drug-likeness (QED) is 0.752. The highest BCUT2D eigenvalue weighted by atomic mass is 19.1. The molecule has 108 valence electrons. The predicted octanol–water partition coefficient (Wildman–Crippen LogP) is 4.64. The van der Waals surface area contributed by atoms with Gasteiger partial charge in [-0.05, 0) is 38.5 Å². The summed E-state index contributed by atoms with van der Waals surface area (Å²) in [5, 5.41) is 0.564. The first-order valence-electron chi connectivity index (χ1n) is 7.10. The maximum Gasteiger partial charge on any atom is 0.196 e. The largest absolute Gasteiger partial charge is 0.460 e. The monoisotopic (exact) mass is 284 g/mol. The van der Waals surface area contributed by atoms with Crippen molar-refractivity contribution in [3.63, 3.8) is 0 Å². The summed E-state index contributed by atoms with van der Waals surface area (Å²) >= 11 is 0. The minimum absolute atomic E-state index is 0.0391. The van der Waals surface area contributed by atoms with Crippen LogP contribution in [-0.2, 0) is 6.42 Å². The zero-order chi connectivity index (χ0) is 15.0. The van der Waals surface area contributed by atoms with Gasteiger partial charge >= 0.3 is 0 Å². The summed E-state index contributed by atoms with van der Waals surface area (Å²) in [5.74, 6) is -0.0107. The van der Waals surface area contributed by atoms with Gasteiger partial charge < -0.3 is 4.42 Å². The van der Waals surface area contributed by atoms with Crippen molar-refractivity contribution in [1.29, 1.82) is 0 Å². The summed E-state index contributed by atoms with van der Waals surface area (Å²) in [4.78, 5) is 12.7. The second-order valence-electron chi connectivity index (χ2n) is 5.68. The Labute approximate surface area is 122 Å². The molecule has 1 unspecified atom stereocenters. The zero-order valence-electron chi connectivity index (χ0n) is 12.2. The second kappa shape index (κ2) is 5.32. The van der Waals surface area contributed by atoms with Crippen LogP contribution in [0.5, 0.6) is 0 Å². The Kier molecular flexibility index (Phi) is 3.50. The maximum absolute atomic E-state index is 13.8. The van der Waals surface area contributed by atoms with Crippen molar-refractivity contribution in [2.45, 2.75) is 32.6 Å². The van der Waals surface area contributed by atoms with Gasteiger partial charge in [0.15, 0.2) is 5.43 Å². The summed E-state index contributed by atoms with van der Waals surface area (Å²) in [6.07, 6.45) is 4.26. The predicted molar refractivity (Wildman–Crippen MR) is 82.2 cm³/mol. The Morgan fingerprint density at radius 3 is 2.90 bits per heavy atom. The molecule has 0 N–H and O–H groups in total. The van der Waals surface area contributed by atoms with Gasteiger partial charge in [0.05, 0.1) is 11.8 Å². The number of benzene rings is 1. The maximum atomic E-state index is 13.8. The first-order chi connectivity index (χ1) is 10.1. The number of rotatable bonds is 2. The minimum atomic E-state index is -0.246. The lowest BCUT2D eigenvalue weighted by molar-refractivity contribution is 0.483. The van der Waals surface area contributed by atoms with Gasteiger partial charge in [0.1, 0.15) is 17.2 Å². The lowest BCUT2D eigenvalue weighted by Gasteiger charge is -2.20. The smallest absolute Gasteiger partial charge is 0.196 e. The Bertz CT molecular complexity index is 808. The molecule has 2 aromatic rings. The van der Waals surface area contributed by atoms with Crippen molar-refractivity contribution in [1.82, 2.24) is 0 Å². The van der Waals surface area contributed by atoms with E-state index in [-0.39, 0.29) is 23.6 Å². The molecule has 0 bridgehead atoms. The van der Waals surface area contributed by atoms with Gasteiger partial charge in [-0.2, -0.15) is 0 Å². The molecule has 0 amide bonds. The van der Waals surface area contributed by atoms with Crippen LogP contribution in [0.2, 0.25) is 0 Å². The molecular formula is C18H17FO2. The van der Waals surface area contributed by atoms with Gasteiger partial charge in [0.25, 0.3) is 0 Å². The molecule has 0 saturated carbocycles. The van der Waals surface area contributed by atoms with Crippen LogP contribution in [0.15, 0.2) is 57.0 Å². The van der Waals surface area contributed by atoms with Crippen LogP contribution in [0.1, 0.15) is 37.5 Å². The van der Waals surface area contributed by atoms with Crippen LogP contribution in [0.3, 0.4) is 0 Å². The van der Waals surface area contributed by atoms with Crippen molar-refractivity contribution >= 4 is 11.0 Å². The van der Waals surface area contributed by atoms with E-state index < -0.39 is 0 Å². The molecule has 1 heterocycles. The highest BCUT2D eigenvalue weighted by Gasteiger charge is 2.26. The van der Waals surface area contributed by atoms with E-state index in [0.717, 1.165) is 5.57 Å². The van der Waals surface area contributed by atoms with Crippen molar-refractivity contribution in [2.24, 2.45) is 0 Å². The fourth-order valence-electron chi connectivity index (χ4n) is 2.77. The molecule has 1 aromatic carbocycles. The highest BCUT2D eigenvalue weighted by molar-refractivity contribution is 5.77. The standard InChI is InChI=1S/C18H17FO2/c1-11(2)7-8-12-9-13(19)10-16-17(12)18(20)14-5-3-4-6-15(14)21-16/h3-7,9,12H,8,10H2,1-2H3. The summed E-state index contributed by atoms with van der Waals surface area (Å²) < 4.78 is 19.6. The Hall–Kier alpha value is -2.16. The van der Waals surface area contributed by atoms with E-state index in [1.807, 2.05) is 32.1 Å². The number of hydrogen-bond acceptors (Lipinski definition) is 2. The van der Waals surface area contributed by atoms with Crippen molar-refractivity contribution in [3.05, 3.63) is 69.4 Å². The molecule has 0 aliphatic heterocycles. The van der Waals surface area contributed by atoms with E-state index in [4.69, 9.17) is 4.42 Å². The molecule has 0 fully saturated rings. The first kappa shape index (κ1) is 13.8. The highest BCUT2D eigenvalue weighted by Crippen LogP contribution is 2.33. The Balaban J connectivity index is 2.20. The lowest BCUT2D eigenvalue weighted by Crippen LogP contribution is -2.19. The molecule has 0 spiro atoms. The van der Waals surface area contributed by atoms with E-state index in [0.29, 0.717) is 28.7 Å². The van der Waals surface area contributed by atoms with Gasteiger partial charge in [0.2, 0.25) is 0 Å². The average Bonchev–Trinajstić information content (AvgIpc) is 2.44. The van der Waals surface area contributed by atoms with Gasteiger partial charge in [-0.15, -0.1) is 0 Å². The average molecular weight is 284 g/mol. The van der Waals surface area contributed by atoms with Crippen LogP contribution in [0.4, 0.5) is 4.39 Å². The van der Waals surface area contributed by atoms with E-state index in [1.54, 1.807) is 18.2 Å². The lowest BCUT2D eigenvalue weighted by atomic mass is 9.87. The summed E-state index contributed by atoms with van der Waals surface area (Å²) in [5.41, 5.74) is 2.24. The first-order valence-corrected chi connectivity index (χ1v) is 7.10. The van der Waals surface area contributed by atoms with Crippen LogP contribution >= 0.6 is 0 Å². The van der Waals surface area contributed by atoms with E-state index in [9.17, 15) is 9.18 Å². The normalized spacial score (nSPS) is 17.3. The molecule has 1 atom stereocenters. The summed E-state index contributed by atoms with van der Waals surface area (Å²) in [6.45, 7) is 3.99. The van der Waals surface area contributed by atoms with Crippen molar-refractivity contribution < 1.29 is 8.81 Å². The Morgan fingerprint density at radius 1 is 1.38 bits per heavy atom. The number of para-hydroxylation sites is 1. The van der Waals surface area contributed by atoms with Gasteiger partial charge in [-0.1, -0.05) is 23.8 Å². The van der Waals surface area contributed by atoms with E-state index >= 15 is 0 Å². The van der Waals surface area contributed by atoms with E-state index in [2.05, 4.69) is 0 Å². The molecule has 0 radical (unpaired) electrons. The second-order valence-corrected chi connectivity index (χ2v) is 5.68. The van der Waals surface area contributed by atoms with Crippen LogP contribution in [0.25, 0.3) is 11.0 Å². The van der Waals surface area contributed by atoms with Gasteiger partial charge in [-0.25, -0.2) is 4.39 Å². The molecule has 0 saturated heterocycles. The Morgan fingerprint density at radius 2 is 2.14 bits per heavy atom. The topological polar surface area (TPSA) is 30.2 Å². The van der Waals surface area contributed by atoms with Gasteiger partial charge in [-0.3, -0.25) is 4.79 Å². The molecular weight excluding hydrogens is 267 g/mol. The molecule has 21 heavy (non-hydrogen) atoms. The van der Waals surface area contributed by atoms with E-state index in [1.165, 1.54) is 0 Å². The molecule has 2 nitrogen and oxygen atoms in total. The molecule has 1 aliphatic carbocycles. The third-order valence-electron chi connectivity index (χ3n) is 3.77. The molecule has 1 aromatic heterocycles. The number of fused-ring (bicyclic) bond motifs is 2. The summed E-state index contributed by atoms with van der Waals surface area (Å²) in [7, 11) is 0. The molecule has 3 rings (SSSR count). The number of halogens is 1. The van der Waals surface area contributed by atoms with Crippen LogP contribution in [0, 0.1) is 0 Å². The number of allylic oxidation sites excluding steroid dienone is 4. The third kappa shape index (κ3) is 2.56. The molecule has 1 aliphatic rings. The minimum Gasteiger partial charge on any atom is -0.460 e. The summed E-state index contributed by atoms with van der Waals surface area (Å²) in [6, 6.07) is 7.13. The van der Waals surface area contributed by atoms with Gasteiger partial charge in [0, 0.05) is 11.5 Å². The SMILES string of the molecule is CC(C)=CCC1C=C(F)Cc2oc3ccccc3c(=O)c21. The third-order valence-corrected chi connectivity index (χ3v) is 3.77. The zero-order valence-corrected chi connectivity index (χ0v) is 12.2. The van der Waals surface area contributed by atoms with Crippen LogP contribution < -0.4 is 5.43 Å².